The van der Waals surface area contributed by atoms with Gasteiger partial charge in [0.15, 0.2) is 17.5 Å². The summed E-state index contributed by atoms with van der Waals surface area (Å²) in [6, 6.07) is 13.9. The topological polar surface area (TPSA) is 78.1 Å². The Labute approximate surface area is 167 Å². The highest BCUT2D eigenvalue weighted by atomic mass is 16.5. The monoisotopic (exact) mass is 385 g/mol. The molecule has 0 unspecified atom stereocenters. The van der Waals surface area contributed by atoms with Gasteiger partial charge in [-0.2, -0.15) is 0 Å². The standard InChI is InChI=1S/C22H31N3O3/c1-4-5-14-28-19-9-6-17(7-10-19)12-13-24-22(23)25-16-18-8-11-20(26-2)21(15-18)27-3/h6-11,15H,4-5,12-14,16H2,1-3H3,(H3,23,24,25). The molecule has 0 amide bonds. The molecule has 0 saturated heterocycles. The van der Waals surface area contributed by atoms with Crippen molar-refractivity contribution in [1.29, 1.82) is 0 Å². The van der Waals surface area contributed by atoms with Gasteiger partial charge in [0.25, 0.3) is 0 Å². The van der Waals surface area contributed by atoms with Crippen molar-refractivity contribution in [2.45, 2.75) is 32.7 Å². The van der Waals surface area contributed by atoms with Crippen molar-refractivity contribution in [1.82, 2.24) is 5.32 Å². The summed E-state index contributed by atoms with van der Waals surface area (Å²) in [6.07, 6.45) is 3.08. The molecule has 2 aromatic rings. The highest BCUT2D eigenvalue weighted by Gasteiger charge is 2.04. The number of hydrogen-bond donors (Lipinski definition) is 2. The van der Waals surface area contributed by atoms with E-state index in [0.717, 1.165) is 43.7 Å². The van der Waals surface area contributed by atoms with Crippen LogP contribution in [-0.2, 0) is 13.0 Å². The molecule has 6 nitrogen and oxygen atoms in total. The van der Waals surface area contributed by atoms with Crippen LogP contribution in [0.2, 0.25) is 0 Å². The number of nitrogens with two attached hydrogens (primary N) is 1. The first-order valence-corrected chi connectivity index (χ1v) is 9.62. The van der Waals surface area contributed by atoms with Gasteiger partial charge in [-0.05, 0) is 48.2 Å². The maximum absolute atomic E-state index is 5.97. The first kappa shape index (κ1) is 21.4. The van der Waals surface area contributed by atoms with Crippen LogP contribution in [0, 0.1) is 0 Å². The number of nitrogens with zero attached hydrogens (tertiary/aromatic N) is 1. The molecular formula is C22H31N3O3. The van der Waals surface area contributed by atoms with E-state index in [0.29, 0.717) is 24.0 Å². The quantitative estimate of drug-likeness (QED) is 0.351. The smallest absolute Gasteiger partial charge is 0.188 e. The third-order valence-electron chi connectivity index (χ3n) is 4.29. The molecule has 0 aliphatic heterocycles. The highest BCUT2D eigenvalue weighted by molar-refractivity contribution is 5.77. The van der Waals surface area contributed by atoms with Gasteiger partial charge in [0.1, 0.15) is 5.75 Å². The van der Waals surface area contributed by atoms with Gasteiger partial charge in [-0.3, -0.25) is 0 Å². The lowest BCUT2D eigenvalue weighted by atomic mass is 10.1. The van der Waals surface area contributed by atoms with Crippen molar-refractivity contribution in [3.63, 3.8) is 0 Å². The Morgan fingerprint density at radius 2 is 1.71 bits per heavy atom. The summed E-state index contributed by atoms with van der Waals surface area (Å²) in [5.41, 5.74) is 8.19. The number of hydrogen-bond acceptors (Lipinski definition) is 4. The minimum absolute atomic E-state index is 0.425. The van der Waals surface area contributed by atoms with Gasteiger partial charge in [-0.15, -0.1) is 0 Å². The Morgan fingerprint density at radius 3 is 2.39 bits per heavy atom. The number of methoxy groups -OCH3 is 2. The van der Waals surface area contributed by atoms with E-state index in [1.807, 2.05) is 30.3 Å². The van der Waals surface area contributed by atoms with Crippen LogP contribution in [-0.4, -0.2) is 33.3 Å². The Balaban J connectivity index is 1.76. The fraction of sp³-hybridized carbons (Fsp3) is 0.409. The SMILES string of the molecule is CCCCOc1ccc(CCNC(N)=NCc2ccc(OC)c(OC)c2)cc1. The van der Waals surface area contributed by atoms with Gasteiger partial charge in [0.2, 0.25) is 0 Å². The molecule has 0 aliphatic rings. The summed E-state index contributed by atoms with van der Waals surface area (Å²) in [5.74, 6) is 2.72. The van der Waals surface area contributed by atoms with Crippen molar-refractivity contribution in [2.75, 3.05) is 27.4 Å². The van der Waals surface area contributed by atoms with E-state index in [1.54, 1.807) is 14.2 Å². The average molecular weight is 386 g/mol. The second-order valence-electron chi connectivity index (χ2n) is 6.41. The number of guanidine groups is 1. The van der Waals surface area contributed by atoms with E-state index in [9.17, 15) is 0 Å². The number of ether oxygens (including phenoxy) is 3. The largest absolute Gasteiger partial charge is 0.494 e. The summed E-state index contributed by atoms with van der Waals surface area (Å²) in [4.78, 5) is 4.38. The minimum atomic E-state index is 0.425. The first-order chi connectivity index (χ1) is 13.7. The van der Waals surface area contributed by atoms with Gasteiger partial charge < -0.3 is 25.3 Å². The molecule has 0 atom stereocenters. The van der Waals surface area contributed by atoms with E-state index in [-0.39, 0.29) is 0 Å². The molecule has 0 saturated carbocycles. The second kappa shape index (κ2) is 11.7. The molecule has 6 heteroatoms. The lowest BCUT2D eigenvalue weighted by Crippen LogP contribution is -2.33. The summed E-state index contributed by atoms with van der Waals surface area (Å²) < 4.78 is 16.2. The summed E-state index contributed by atoms with van der Waals surface area (Å²) in [6.45, 7) is 4.12. The average Bonchev–Trinajstić information content (AvgIpc) is 2.73. The Hall–Kier alpha value is -2.89. The molecule has 152 valence electrons. The molecule has 3 N–H and O–H groups in total. The van der Waals surface area contributed by atoms with Crippen LogP contribution >= 0.6 is 0 Å². The third kappa shape index (κ3) is 7.02. The zero-order valence-electron chi connectivity index (χ0n) is 17.0. The van der Waals surface area contributed by atoms with E-state index < -0.39 is 0 Å². The van der Waals surface area contributed by atoms with Crippen molar-refractivity contribution >= 4 is 5.96 Å². The zero-order valence-corrected chi connectivity index (χ0v) is 17.0. The molecule has 0 bridgehead atoms. The number of rotatable bonds is 11. The molecule has 0 aliphatic carbocycles. The summed E-state index contributed by atoms with van der Waals surface area (Å²) >= 11 is 0. The molecule has 0 aromatic heterocycles. The molecule has 0 heterocycles. The van der Waals surface area contributed by atoms with Crippen LogP contribution in [0.3, 0.4) is 0 Å². The van der Waals surface area contributed by atoms with Gasteiger partial charge in [0, 0.05) is 6.54 Å². The maximum Gasteiger partial charge on any atom is 0.188 e. The fourth-order valence-electron chi connectivity index (χ4n) is 2.63. The first-order valence-electron chi connectivity index (χ1n) is 9.62. The van der Waals surface area contributed by atoms with E-state index in [2.05, 4.69) is 29.4 Å². The fourth-order valence-corrected chi connectivity index (χ4v) is 2.63. The predicted octanol–water partition coefficient (Wildman–Crippen LogP) is 3.53. The van der Waals surface area contributed by atoms with Crippen LogP contribution in [0.5, 0.6) is 17.2 Å². The summed E-state index contributed by atoms with van der Waals surface area (Å²) in [7, 11) is 3.23. The molecule has 0 spiro atoms. The van der Waals surface area contributed by atoms with Crippen molar-refractivity contribution in [2.24, 2.45) is 10.7 Å². The maximum atomic E-state index is 5.97. The van der Waals surface area contributed by atoms with Crippen molar-refractivity contribution < 1.29 is 14.2 Å². The number of nitrogens with one attached hydrogen (secondary N) is 1. The molecular weight excluding hydrogens is 354 g/mol. The van der Waals surface area contributed by atoms with Crippen LogP contribution in [0.4, 0.5) is 0 Å². The Kier molecular flexibility index (Phi) is 8.98. The highest BCUT2D eigenvalue weighted by Crippen LogP contribution is 2.27. The third-order valence-corrected chi connectivity index (χ3v) is 4.29. The van der Waals surface area contributed by atoms with Crippen LogP contribution in [0.15, 0.2) is 47.5 Å². The van der Waals surface area contributed by atoms with Crippen LogP contribution in [0.25, 0.3) is 0 Å². The van der Waals surface area contributed by atoms with Crippen molar-refractivity contribution in [3.8, 4) is 17.2 Å². The van der Waals surface area contributed by atoms with Gasteiger partial charge in [-0.1, -0.05) is 31.5 Å². The predicted molar refractivity (Wildman–Crippen MR) is 113 cm³/mol. The number of aliphatic imine (C=N–C) groups is 1. The molecule has 2 rings (SSSR count). The van der Waals surface area contributed by atoms with E-state index in [4.69, 9.17) is 19.9 Å². The number of benzene rings is 2. The lowest BCUT2D eigenvalue weighted by Gasteiger charge is -2.09. The van der Waals surface area contributed by atoms with Crippen LogP contribution in [0.1, 0.15) is 30.9 Å². The number of unbranched alkanes of at least 4 members (excludes halogenated alkanes) is 1. The Bertz CT molecular complexity index is 745. The Morgan fingerprint density at radius 1 is 1.00 bits per heavy atom. The lowest BCUT2D eigenvalue weighted by molar-refractivity contribution is 0.309. The van der Waals surface area contributed by atoms with Crippen LogP contribution < -0.4 is 25.3 Å². The van der Waals surface area contributed by atoms with Gasteiger partial charge in [0.05, 0.1) is 27.4 Å². The molecule has 0 radical (unpaired) electrons. The molecule has 2 aromatic carbocycles. The summed E-state index contributed by atoms with van der Waals surface area (Å²) in [5, 5.41) is 3.15. The zero-order chi connectivity index (χ0) is 20.2. The van der Waals surface area contributed by atoms with Gasteiger partial charge >= 0.3 is 0 Å². The second-order valence-corrected chi connectivity index (χ2v) is 6.41. The van der Waals surface area contributed by atoms with Crippen molar-refractivity contribution in [3.05, 3.63) is 53.6 Å². The van der Waals surface area contributed by atoms with E-state index >= 15 is 0 Å². The molecule has 0 fully saturated rings. The normalized spacial score (nSPS) is 11.2. The van der Waals surface area contributed by atoms with Gasteiger partial charge in [-0.25, -0.2) is 4.99 Å². The minimum Gasteiger partial charge on any atom is -0.494 e. The molecule has 28 heavy (non-hydrogen) atoms. The van der Waals surface area contributed by atoms with E-state index in [1.165, 1.54) is 5.56 Å².